The average molecular weight is 356 g/mol. The zero-order valence-electron chi connectivity index (χ0n) is 14.0. The molecule has 7 nitrogen and oxygen atoms in total. The maximum absolute atomic E-state index is 12.2. The van der Waals surface area contributed by atoms with Crippen LogP contribution in [0.2, 0.25) is 0 Å². The van der Waals surface area contributed by atoms with Crippen LogP contribution < -0.4 is 10.6 Å². The summed E-state index contributed by atoms with van der Waals surface area (Å²) in [7, 11) is 0. The number of fused-ring (bicyclic) bond motifs is 1. The Kier molecular flexibility index (Phi) is 4.46. The van der Waals surface area contributed by atoms with Crippen molar-refractivity contribution in [3.63, 3.8) is 0 Å². The molecule has 0 radical (unpaired) electrons. The molecule has 130 valence electrons. The molecule has 0 saturated carbocycles. The third kappa shape index (κ3) is 3.14. The first-order chi connectivity index (χ1) is 12.2. The maximum atomic E-state index is 12.2. The highest BCUT2D eigenvalue weighted by molar-refractivity contribution is 7.11. The van der Waals surface area contributed by atoms with Gasteiger partial charge in [0.25, 0.3) is 5.91 Å². The van der Waals surface area contributed by atoms with Crippen molar-refractivity contribution in [2.24, 2.45) is 0 Å². The summed E-state index contributed by atoms with van der Waals surface area (Å²) in [4.78, 5) is 21.5. The number of hydrogen-bond donors (Lipinski definition) is 2. The predicted octanol–water partition coefficient (Wildman–Crippen LogP) is 1.70. The van der Waals surface area contributed by atoms with Crippen LogP contribution in [-0.4, -0.2) is 45.3 Å². The molecule has 1 aliphatic rings. The summed E-state index contributed by atoms with van der Waals surface area (Å²) >= 11 is 1.36. The normalized spacial score (nSPS) is 17.2. The molecule has 1 atom stereocenters. The molecule has 4 rings (SSSR count). The van der Waals surface area contributed by atoms with Gasteiger partial charge in [0.05, 0.1) is 23.4 Å². The molecule has 0 aliphatic carbocycles. The summed E-state index contributed by atoms with van der Waals surface area (Å²) in [6, 6.07) is 4.04. The van der Waals surface area contributed by atoms with Gasteiger partial charge in [-0.2, -0.15) is 5.10 Å². The van der Waals surface area contributed by atoms with E-state index in [9.17, 15) is 4.79 Å². The number of amides is 1. The number of rotatable bonds is 5. The Balaban J connectivity index is 1.50. The lowest BCUT2D eigenvalue weighted by molar-refractivity contribution is 0.0955. The maximum Gasteiger partial charge on any atom is 0.263 e. The molecule has 1 amide bonds. The Morgan fingerprint density at radius 3 is 3.16 bits per heavy atom. The predicted molar refractivity (Wildman–Crippen MR) is 96.9 cm³/mol. The number of nitrogens with one attached hydrogen (secondary N) is 2. The Hall–Kier alpha value is -2.32. The van der Waals surface area contributed by atoms with Gasteiger partial charge in [-0.25, -0.2) is 14.6 Å². The molecule has 2 N–H and O–H groups in total. The Morgan fingerprint density at radius 1 is 1.48 bits per heavy atom. The molecule has 1 fully saturated rings. The van der Waals surface area contributed by atoms with E-state index in [4.69, 9.17) is 5.10 Å². The van der Waals surface area contributed by atoms with Crippen molar-refractivity contribution in [3.05, 3.63) is 40.1 Å². The van der Waals surface area contributed by atoms with Gasteiger partial charge in [-0.1, -0.05) is 0 Å². The molecule has 8 heteroatoms. The van der Waals surface area contributed by atoms with Crippen LogP contribution in [-0.2, 0) is 6.54 Å². The third-order valence-corrected chi connectivity index (χ3v) is 5.47. The second kappa shape index (κ2) is 6.89. The molecule has 0 spiro atoms. The second-order valence-electron chi connectivity index (χ2n) is 6.20. The number of hydrogen-bond acceptors (Lipinski definition) is 6. The van der Waals surface area contributed by atoms with Gasteiger partial charge in [0, 0.05) is 30.6 Å². The Bertz CT molecular complexity index is 896. The summed E-state index contributed by atoms with van der Waals surface area (Å²) in [6.07, 6.45) is 2.89. The Labute approximate surface area is 149 Å². The third-order valence-electron chi connectivity index (χ3n) is 4.54. The van der Waals surface area contributed by atoms with E-state index in [0.717, 1.165) is 41.9 Å². The molecule has 0 bridgehead atoms. The first-order valence-electron chi connectivity index (χ1n) is 8.44. The highest BCUT2D eigenvalue weighted by Crippen LogP contribution is 2.27. The molecule has 1 saturated heterocycles. The fraction of sp³-hybridized carbons (Fsp3) is 0.412. The molecule has 25 heavy (non-hydrogen) atoms. The van der Waals surface area contributed by atoms with Gasteiger partial charge in [0.1, 0.15) is 4.88 Å². The van der Waals surface area contributed by atoms with Gasteiger partial charge in [0.15, 0.2) is 5.65 Å². The van der Waals surface area contributed by atoms with E-state index in [1.165, 1.54) is 11.3 Å². The number of carbonyl (C=O) groups excluding carboxylic acids is 1. The summed E-state index contributed by atoms with van der Waals surface area (Å²) in [5.41, 5.74) is 4.45. The minimum absolute atomic E-state index is 0.0790. The topological polar surface area (TPSA) is 84.7 Å². The molecule has 3 aromatic rings. The summed E-state index contributed by atoms with van der Waals surface area (Å²) in [5, 5.41) is 12.3. The first kappa shape index (κ1) is 16.2. The summed E-state index contributed by atoms with van der Waals surface area (Å²) in [5.74, 6) is 0.354. The van der Waals surface area contributed by atoms with Crippen molar-refractivity contribution in [3.8, 4) is 0 Å². The fourth-order valence-electron chi connectivity index (χ4n) is 3.25. The van der Waals surface area contributed by atoms with Crippen LogP contribution >= 0.6 is 11.3 Å². The second-order valence-corrected chi connectivity index (χ2v) is 7.05. The highest BCUT2D eigenvalue weighted by Gasteiger charge is 2.23. The lowest BCUT2D eigenvalue weighted by Gasteiger charge is -2.06. The van der Waals surface area contributed by atoms with Crippen molar-refractivity contribution < 1.29 is 4.79 Å². The van der Waals surface area contributed by atoms with Gasteiger partial charge in [0.2, 0.25) is 0 Å². The van der Waals surface area contributed by atoms with E-state index in [0.29, 0.717) is 23.9 Å². The van der Waals surface area contributed by atoms with E-state index >= 15 is 0 Å². The van der Waals surface area contributed by atoms with Crippen molar-refractivity contribution in [2.75, 3.05) is 19.6 Å². The minimum Gasteiger partial charge on any atom is -0.349 e. The van der Waals surface area contributed by atoms with E-state index < -0.39 is 0 Å². The van der Waals surface area contributed by atoms with Gasteiger partial charge in [-0.05, 0) is 32.0 Å². The van der Waals surface area contributed by atoms with Gasteiger partial charge in [-0.15, -0.1) is 11.3 Å². The number of aryl methyl sites for hydroxylation is 1. The average Bonchev–Trinajstić information content (AvgIpc) is 3.34. The molecule has 0 aromatic carbocycles. The van der Waals surface area contributed by atoms with Crippen LogP contribution in [0.3, 0.4) is 0 Å². The van der Waals surface area contributed by atoms with E-state index in [-0.39, 0.29) is 5.91 Å². The van der Waals surface area contributed by atoms with E-state index in [1.54, 1.807) is 11.7 Å². The standard InChI is InChI=1S/C17H20N6OS/c1-11-15(25-10-21-11)17(24)20-7-8-23-16-13(3-2-5-19-16)14(22-23)12-4-6-18-9-12/h2-3,5,10,12,18H,4,6-9H2,1H3,(H,20,24). The number of nitrogens with zero attached hydrogens (tertiary/aromatic N) is 4. The number of carbonyl (C=O) groups is 1. The monoisotopic (exact) mass is 356 g/mol. The van der Waals surface area contributed by atoms with Crippen LogP contribution in [0.4, 0.5) is 0 Å². The fourth-order valence-corrected chi connectivity index (χ4v) is 3.97. The number of thiazole rings is 1. The largest absolute Gasteiger partial charge is 0.349 e. The molecule has 3 aromatic heterocycles. The molecular formula is C17H20N6OS. The van der Waals surface area contributed by atoms with Crippen molar-refractivity contribution in [1.82, 2.24) is 30.4 Å². The number of aromatic nitrogens is 4. The summed E-state index contributed by atoms with van der Waals surface area (Å²) < 4.78 is 1.91. The first-order valence-corrected chi connectivity index (χ1v) is 9.32. The number of pyridine rings is 1. The van der Waals surface area contributed by atoms with Crippen molar-refractivity contribution in [1.29, 1.82) is 0 Å². The van der Waals surface area contributed by atoms with Crippen LogP contribution in [0.5, 0.6) is 0 Å². The van der Waals surface area contributed by atoms with Crippen molar-refractivity contribution in [2.45, 2.75) is 25.8 Å². The lowest BCUT2D eigenvalue weighted by Crippen LogP contribution is -2.27. The van der Waals surface area contributed by atoms with Crippen LogP contribution in [0.1, 0.15) is 33.4 Å². The highest BCUT2D eigenvalue weighted by atomic mass is 32.1. The van der Waals surface area contributed by atoms with Gasteiger partial charge >= 0.3 is 0 Å². The molecule has 1 aliphatic heterocycles. The van der Waals surface area contributed by atoms with Crippen LogP contribution in [0, 0.1) is 6.92 Å². The van der Waals surface area contributed by atoms with E-state index in [2.05, 4.69) is 26.7 Å². The van der Waals surface area contributed by atoms with Crippen LogP contribution in [0.25, 0.3) is 11.0 Å². The molecular weight excluding hydrogens is 336 g/mol. The minimum atomic E-state index is -0.0790. The molecule has 1 unspecified atom stereocenters. The quantitative estimate of drug-likeness (QED) is 0.727. The zero-order valence-corrected chi connectivity index (χ0v) is 14.8. The van der Waals surface area contributed by atoms with Gasteiger partial charge < -0.3 is 10.6 Å². The molecule has 4 heterocycles. The summed E-state index contributed by atoms with van der Waals surface area (Å²) in [6.45, 7) is 4.94. The SMILES string of the molecule is Cc1ncsc1C(=O)NCCn1nc(C2CCNC2)c2cccnc21. The van der Waals surface area contributed by atoms with Crippen LogP contribution in [0.15, 0.2) is 23.8 Å². The van der Waals surface area contributed by atoms with Gasteiger partial charge in [-0.3, -0.25) is 4.79 Å². The zero-order chi connectivity index (χ0) is 17.2. The van der Waals surface area contributed by atoms with Crippen molar-refractivity contribution >= 4 is 28.3 Å². The van der Waals surface area contributed by atoms with E-state index in [1.807, 2.05) is 17.7 Å². The Morgan fingerprint density at radius 2 is 2.40 bits per heavy atom. The lowest BCUT2D eigenvalue weighted by atomic mass is 10.0. The smallest absolute Gasteiger partial charge is 0.263 e.